The zero-order valence-electron chi connectivity index (χ0n) is 8.38. The molecule has 0 aromatic rings. The van der Waals surface area contributed by atoms with Crippen molar-refractivity contribution in [1.29, 1.82) is 0 Å². The van der Waals surface area contributed by atoms with E-state index in [4.69, 9.17) is 4.74 Å². The monoisotopic (exact) mass is 181 g/mol. The molecule has 74 valence electrons. The number of hydrogen-bond donors (Lipinski definition) is 1. The summed E-state index contributed by atoms with van der Waals surface area (Å²) in [6.07, 6.45) is 6.08. The first-order valence-corrected chi connectivity index (χ1v) is 5.36. The Labute approximate surface area is 80.4 Å². The van der Waals surface area contributed by atoms with Crippen LogP contribution in [0.2, 0.25) is 0 Å². The standard InChI is InChI=1S/C11H19NO/c1-9-2-3-11(12-8-9)10-4-6-13-7-5-10/h4,9,11-12H,2-3,5-8H2,1H3/t9-,11+/m0/s1. The molecule has 0 aliphatic carbocycles. The van der Waals surface area contributed by atoms with E-state index in [9.17, 15) is 0 Å². The smallest absolute Gasteiger partial charge is 0.0650 e. The average molecular weight is 181 g/mol. The second kappa shape index (κ2) is 4.25. The van der Waals surface area contributed by atoms with Crippen molar-refractivity contribution in [2.24, 2.45) is 5.92 Å². The van der Waals surface area contributed by atoms with Crippen LogP contribution in [-0.4, -0.2) is 25.8 Å². The highest BCUT2D eigenvalue weighted by atomic mass is 16.5. The maximum absolute atomic E-state index is 5.31. The quantitative estimate of drug-likeness (QED) is 0.622. The molecular weight excluding hydrogens is 162 g/mol. The lowest BCUT2D eigenvalue weighted by Crippen LogP contribution is -2.40. The van der Waals surface area contributed by atoms with Crippen LogP contribution in [0.15, 0.2) is 11.6 Å². The van der Waals surface area contributed by atoms with Crippen molar-refractivity contribution in [3.05, 3.63) is 11.6 Å². The Balaban J connectivity index is 1.89. The number of rotatable bonds is 1. The molecule has 2 heterocycles. The van der Waals surface area contributed by atoms with Gasteiger partial charge in [0.15, 0.2) is 0 Å². The van der Waals surface area contributed by atoms with Crippen LogP contribution in [0.3, 0.4) is 0 Å². The number of nitrogens with one attached hydrogen (secondary N) is 1. The second-order valence-corrected chi connectivity index (χ2v) is 4.25. The van der Waals surface area contributed by atoms with Gasteiger partial charge in [-0.15, -0.1) is 0 Å². The predicted molar refractivity (Wildman–Crippen MR) is 53.7 cm³/mol. The van der Waals surface area contributed by atoms with Gasteiger partial charge >= 0.3 is 0 Å². The molecule has 2 rings (SSSR count). The van der Waals surface area contributed by atoms with Crippen LogP contribution in [0.1, 0.15) is 26.2 Å². The summed E-state index contributed by atoms with van der Waals surface area (Å²) in [4.78, 5) is 0. The summed E-state index contributed by atoms with van der Waals surface area (Å²) >= 11 is 0. The summed E-state index contributed by atoms with van der Waals surface area (Å²) in [7, 11) is 0. The fourth-order valence-electron chi connectivity index (χ4n) is 2.17. The molecule has 0 unspecified atom stereocenters. The highest BCUT2D eigenvalue weighted by molar-refractivity contribution is 5.13. The van der Waals surface area contributed by atoms with Crippen LogP contribution in [0.4, 0.5) is 0 Å². The normalized spacial score (nSPS) is 35.6. The number of hydrogen-bond acceptors (Lipinski definition) is 2. The first-order chi connectivity index (χ1) is 6.36. The topological polar surface area (TPSA) is 21.3 Å². The Morgan fingerprint density at radius 2 is 2.38 bits per heavy atom. The van der Waals surface area contributed by atoms with Crippen molar-refractivity contribution < 1.29 is 4.74 Å². The summed E-state index contributed by atoms with van der Waals surface area (Å²) in [6.45, 7) is 5.24. The lowest BCUT2D eigenvalue weighted by Gasteiger charge is -2.31. The lowest BCUT2D eigenvalue weighted by molar-refractivity contribution is 0.150. The molecule has 0 spiro atoms. The molecule has 0 bridgehead atoms. The van der Waals surface area contributed by atoms with Gasteiger partial charge in [0.05, 0.1) is 13.2 Å². The van der Waals surface area contributed by atoms with Gasteiger partial charge in [0.1, 0.15) is 0 Å². The summed E-state index contributed by atoms with van der Waals surface area (Å²) in [5.41, 5.74) is 1.58. The first-order valence-electron chi connectivity index (χ1n) is 5.36. The Morgan fingerprint density at radius 3 is 3.00 bits per heavy atom. The largest absolute Gasteiger partial charge is 0.377 e. The maximum Gasteiger partial charge on any atom is 0.0650 e. The molecule has 0 aromatic heterocycles. The van der Waals surface area contributed by atoms with E-state index in [-0.39, 0.29) is 0 Å². The summed E-state index contributed by atoms with van der Waals surface area (Å²) in [6, 6.07) is 0.653. The van der Waals surface area contributed by atoms with E-state index in [1.54, 1.807) is 5.57 Å². The van der Waals surface area contributed by atoms with E-state index >= 15 is 0 Å². The van der Waals surface area contributed by atoms with E-state index in [2.05, 4.69) is 18.3 Å². The van der Waals surface area contributed by atoms with Crippen molar-refractivity contribution in [3.8, 4) is 0 Å². The summed E-state index contributed by atoms with van der Waals surface area (Å²) < 4.78 is 5.31. The molecule has 1 saturated heterocycles. The minimum absolute atomic E-state index is 0.653. The molecule has 2 heteroatoms. The van der Waals surface area contributed by atoms with E-state index in [0.717, 1.165) is 25.6 Å². The van der Waals surface area contributed by atoms with Crippen LogP contribution in [0.25, 0.3) is 0 Å². The summed E-state index contributed by atoms with van der Waals surface area (Å²) in [5, 5.41) is 3.61. The Bertz CT molecular complexity index is 192. The van der Waals surface area contributed by atoms with Crippen molar-refractivity contribution in [1.82, 2.24) is 5.32 Å². The highest BCUT2D eigenvalue weighted by Crippen LogP contribution is 2.22. The van der Waals surface area contributed by atoms with Crippen LogP contribution in [0, 0.1) is 5.92 Å². The third-order valence-corrected chi connectivity index (χ3v) is 3.11. The lowest BCUT2D eigenvalue weighted by atomic mass is 9.90. The number of ether oxygens (including phenoxy) is 1. The molecule has 2 aliphatic rings. The van der Waals surface area contributed by atoms with Gasteiger partial charge in [0.2, 0.25) is 0 Å². The fourth-order valence-corrected chi connectivity index (χ4v) is 2.17. The van der Waals surface area contributed by atoms with Gasteiger partial charge in [0.25, 0.3) is 0 Å². The van der Waals surface area contributed by atoms with E-state index in [0.29, 0.717) is 6.04 Å². The van der Waals surface area contributed by atoms with Gasteiger partial charge in [-0.1, -0.05) is 18.6 Å². The molecule has 2 aliphatic heterocycles. The molecule has 13 heavy (non-hydrogen) atoms. The van der Waals surface area contributed by atoms with Crippen LogP contribution < -0.4 is 5.32 Å². The molecule has 1 fully saturated rings. The second-order valence-electron chi connectivity index (χ2n) is 4.25. The Kier molecular flexibility index (Phi) is 3.01. The highest BCUT2D eigenvalue weighted by Gasteiger charge is 2.21. The van der Waals surface area contributed by atoms with E-state index in [1.807, 2.05) is 0 Å². The fraction of sp³-hybridized carbons (Fsp3) is 0.818. The van der Waals surface area contributed by atoms with Crippen molar-refractivity contribution in [3.63, 3.8) is 0 Å². The van der Waals surface area contributed by atoms with E-state index in [1.165, 1.54) is 19.4 Å². The zero-order valence-corrected chi connectivity index (χ0v) is 8.38. The van der Waals surface area contributed by atoms with Crippen molar-refractivity contribution in [2.45, 2.75) is 32.2 Å². The molecule has 2 atom stereocenters. The minimum atomic E-state index is 0.653. The molecule has 0 saturated carbocycles. The maximum atomic E-state index is 5.31. The van der Waals surface area contributed by atoms with Crippen LogP contribution >= 0.6 is 0 Å². The Hall–Kier alpha value is -0.340. The molecule has 1 N–H and O–H groups in total. The van der Waals surface area contributed by atoms with Crippen LogP contribution in [-0.2, 0) is 4.74 Å². The predicted octanol–water partition coefficient (Wildman–Crippen LogP) is 1.72. The van der Waals surface area contributed by atoms with Crippen molar-refractivity contribution >= 4 is 0 Å². The number of piperidine rings is 1. The van der Waals surface area contributed by atoms with Crippen molar-refractivity contribution in [2.75, 3.05) is 19.8 Å². The minimum Gasteiger partial charge on any atom is -0.377 e. The summed E-state index contributed by atoms with van der Waals surface area (Å²) in [5.74, 6) is 0.858. The van der Waals surface area contributed by atoms with Gasteiger partial charge in [-0.25, -0.2) is 0 Å². The average Bonchev–Trinajstić information content (AvgIpc) is 2.20. The third kappa shape index (κ3) is 2.32. The van der Waals surface area contributed by atoms with E-state index < -0.39 is 0 Å². The molecule has 2 nitrogen and oxygen atoms in total. The third-order valence-electron chi connectivity index (χ3n) is 3.11. The zero-order chi connectivity index (χ0) is 9.10. The van der Waals surface area contributed by atoms with Gasteiger partial charge < -0.3 is 10.1 Å². The molecular formula is C11H19NO. The molecule has 0 amide bonds. The SMILES string of the molecule is C[C@H]1CC[C@H](C2=CCOCC2)NC1. The molecule has 0 aromatic carbocycles. The van der Waals surface area contributed by atoms with Gasteiger partial charge in [-0.2, -0.15) is 0 Å². The van der Waals surface area contributed by atoms with Gasteiger partial charge in [-0.05, 0) is 31.7 Å². The molecule has 0 radical (unpaired) electrons. The Morgan fingerprint density at radius 1 is 1.46 bits per heavy atom. The first kappa shape index (κ1) is 9.22. The van der Waals surface area contributed by atoms with Crippen LogP contribution in [0.5, 0.6) is 0 Å². The van der Waals surface area contributed by atoms with Gasteiger partial charge in [0, 0.05) is 6.04 Å². The van der Waals surface area contributed by atoms with Gasteiger partial charge in [-0.3, -0.25) is 0 Å².